The summed E-state index contributed by atoms with van der Waals surface area (Å²) in [5, 5.41) is 0. The second-order valence-corrected chi connectivity index (χ2v) is 5.99. The number of aryl methyl sites for hydroxylation is 2. The Bertz CT molecular complexity index is 843. The molecule has 0 N–H and O–H groups in total. The van der Waals surface area contributed by atoms with Crippen LogP contribution in [0.4, 0.5) is 4.39 Å². The lowest BCUT2D eigenvalue weighted by Gasteiger charge is -1.96. The standard InChI is InChI=1S/C16H13FN2OS/c1-10-9-19-14(11(2)18-16(19)21-10)7-8-15(20)12-3-5-13(17)6-4-12/h3-9H,1-2H3. The fourth-order valence-corrected chi connectivity index (χ4v) is 3.02. The molecule has 21 heavy (non-hydrogen) atoms. The van der Waals surface area contributed by atoms with Crippen LogP contribution in [0.2, 0.25) is 0 Å². The first-order chi connectivity index (χ1) is 10.0. The molecule has 0 saturated heterocycles. The van der Waals surface area contributed by atoms with Crippen LogP contribution in [0.1, 0.15) is 26.6 Å². The third-order valence-corrected chi connectivity index (χ3v) is 4.08. The van der Waals surface area contributed by atoms with Crippen LogP contribution < -0.4 is 0 Å². The van der Waals surface area contributed by atoms with Crippen LogP contribution in [0.3, 0.4) is 0 Å². The van der Waals surface area contributed by atoms with Crippen molar-refractivity contribution < 1.29 is 9.18 Å². The highest BCUT2D eigenvalue weighted by molar-refractivity contribution is 7.17. The molecular formula is C16H13FN2OS. The monoisotopic (exact) mass is 300 g/mol. The van der Waals surface area contributed by atoms with Crippen LogP contribution in [0, 0.1) is 19.7 Å². The van der Waals surface area contributed by atoms with E-state index in [0.29, 0.717) is 5.56 Å². The molecule has 0 aliphatic rings. The smallest absolute Gasteiger partial charge is 0.194 e. The quantitative estimate of drug-likeness (QED) is 0.540. The fraction of sp³-hybridized carbons (Fsp3) is 0.125. The van der Waals surface area contributed by atoms with Gasteiger partial charge < -0.3 is 0 Å². The van der Waals surface area contributed by atoms with Gasteiger partial charge in [0.05, 0.1) is 11.4 Å². The average molecular weight is 300 g/mol. The predicted molar refractivity (Wildman–Crippen MR) is 82.3 cm³/mol. The highest BCUT2D eigenvalue weighted by atomic mass is 32.1. The van der Waals surface area contributed by atoms with Crippen LogP contribution in [0.15, 0.2) is 36.5 Å². The van der Waals surface area contributed by atoms with Crippen molar-refractivity contribution in [3.63, 3.8) is 0 Å². The topological polar surface area (TPSA) is 34.4 Å². The molecule has 5 heteroatoms. The second kappa shape index (κ2) is 5.26. The number of rotatable bonds is 3. The summed E-state index contributed by atoms with van der Waals surface area (Å²) in [5.41, 5.74) is 2.24. The largest absolute Gasteiger partial charge is 0.290 e. The fourth-order valence-electron chi connectivity index (χ4n) is 2.15. The molecular weight excluding hydrogens is 287 g/mol. The van der Waals surface area contributed by atoms with Gasteiger partial charge in [0.1, 0.15) is 5.82 Å². The van der Waals surface area contributed by atoms with Crippen molar-refractivity contribution in [3.05, 3.63) is 64.2 Å². The Labute approximate surface area is 125 Å². The van der Waals surface area contributed by atoms with E-state index >= 15 is 0 Å². The number of allylic oxidation sites excluding steroid dienone is 1. The van der Waals surface area contributed by atoms with Crippen molar-refractivity contribution in [3.8, 4) is 0 Å². The van der Waals surface area contributed by atoms with Crippen LogP contribution in [-0.2, 0) is 0 Å². The first-order valence-corrected chi connectivity index (χ1v) is 7.29. The van der Waals surface area contributed by atoms with Gasteiger partial charge in [-0.1, -0.05) is 0 Å². The van der Waals surface area contributed by atoms with Crippen molar-refractivity contribution in [1.82, 2.24) is 9.38 Å². The minimum Gasteiger partial charge on any atom is -0.290 e. The Morgan fingerprint density at radius 2 is 2.00 bits per heavy atom. The van der Waals surface area contributed by atoms with Crippen LogP contribution >= 0.6 is 11.3 Å². The summed E-state index contributed by atoms with van der Waals surface area (Å²) in [6, 6.07) is 5.53. The van der Waals surface area contributed by atoms with Crippen molar-refractivity contribution in [1.29, 1.82) is 0 Å². The van der Waals surface area contributed by atoms with Crippen LogP contribution in [0.5, 0.6) is 0 Å². The van der Waals surface area contributed by atoms with Crippen molar-refractivity contribution in [2.24, 2.45) is 0 Å². The van der Waals surface area contributed by atoms with E-state index in [4.69, 9.17) is 0 Å². The van der Waals surface area contributed by atoms with E-state index in [0.717, 1.165) is 21.2 Å². The molecule has 0 radical (unpaired) electrons. The molecule has 0 spiro atoms. The van der Waals surface area contributed by atoms with Crippen molar-refractivity contribution >= 4 is 28.2 Å². The van der Waals surface area contributed by atoms with E-state index in [1.165, 1.54) is 30.3 Å². The lowest BCUT2D eigenvalue weighted by molar-refractivity contribution is 0.104. The van der Waals surface area contributed by atoms with Gasteiger partial charge in [-0.25, -0.2) is 9.37 Å². The zero-order valence-corrected chi connectivity index (χ0v) is 12.4. The van der Waals surface area contributed by atoms with E-state index in [1.807, 2.05) is 24.4 Å². The minimum atomic E-state index is -0.349. The molecule has 0 unspecified atom stereocenters. The Kier molecular flexibility index (Phi) is 3.43. The number of hydrogen-bond acceptors (Lipinski definition) is 3. The lowest BCUT2D eigenvalue weighted by atomic mass is 10.1. The van der Waals surface area contributed by atoms with E-state index in [9.17, 15) is 9.18 Å². The summed E-state index contributed by atoms with van der Waals surface area (Å²) in [5.74, 6) is -0.506. The number of hydrogen-bond donors (Lipinski definition) is 0. The molecule has 3 nitrogen and oxygen atoms in total. The van der Waals surface area contributed by atoms with Gasteiger partial charge in [-0.3, -0.25) is 9.20 Å². The molecule has 2 aromatic heterocycles. The zero-order chi connectivity index (χ0) is 15.0. The number of imidazole rings is 1. The number of thiazole rings is 1. The molecule has 0 atom stereocenters. The molecule has 2 heterocycles. The Hall–Kier alpha value is -2.27. The maximum absolute atomic E-state index is 12.8. The van der Waals surface area contributed by atoms with E-state index in [1.54, 1.807) is 17.4 Å². The minimum absolute atomic E-state index is 0.156. The number of carbonyl (C=O) groups is 1. The van der Waals surface area contributed by atoms with Crippen LogP contribution in [0.25, 0.3) is 11.0 Å². The maximum Gasteiger partial charge on any atom is 0.194 e. The highest BCUT2D eigenvalue weighted by Crippen LogP contribution is 2.21. The third kappa shape index (κ3) is 2.64. The van der Waals surface area contributed by atoms with Gasteiger partial charge in [0.2, 0.25) is 0 Å². The van der Waals surface area contributed by atoms with Gasteiger partial charge in [-0.2, -0.15) is 0 Å². The summed E-state index contributed by atoms with van der Waals surface area (Å²) in [7, 11) is 0. The predicted octanol–water partition coefficient (Wildman–Crippen LogP) is 4.05. The van der Waals surface area contributed by atoms with E-state index in [2.05, 4.69) is 4.98 Å². The average Bonchev–Trinajstić information content (AvgIpc) is 2.92. The number of fused-ring (bicyclic) bond motifs is 1. The Morgan fingerprint density at radius 3 is 2.71 bits per heavy atom. The Balaban J connectivity index is 1.92. The summed E-state index contributed by atoms with van der Waals surface area (Å²) < 4.78 is 14.8. The molecule has 106 valence electrons. The van der Waals surface area contributed by atoms with Gasteiger partial charge in [-0.15, -0.1) is 11.3 Å². The lowest BCUT2D eigenvalue weighted by Crippen LogP contribution is -1.94. The SMILES string of the molecule is Cc1cn2c(C=CC(=O)c3ccc(F)cc3)c(C)nc2s1. The van der Waals surface area contributed by atoms with Gasteiger partial charge in [0, 0.05) is 16.6 Å². The molecule has 0 saturated carbocycles. The van der Waals surface area contributed by atoms with Crippen molar-refractivity contribution in [2.45, 2.75) is 13.8 Å². The van der Waals surface area contributed by atoms with E-state index < -0.39 is 0 Å². The molecule has 3 rings (SSSR count). The number of halogens is 1. The highest BCUT2D eigenvalue weighted by Gasteiger charge is 2.09. The van der Waals surface area contributed by atoms with Crippen LogP contribution in [-0.4, -0.2) is 15.2 Å². The molecule has 0 amide bonds. The molecule has 1 aromatic carbocycles. The number of aromatic nitrogens is 2. The molecule has 0 bridgehead atoms. The Morgan fingerprint density at radius 1 is 1.29 bits per heavy atom. The third-order valence-electron chi connectivity index (χ3n) is 3.18. The molecule has 0 fully saturated rings. The van der Waals surface area contributed by atoms with Gasteiger partial charge in [-0.05, 0) is 50.3 Å². The van der Waals surface area contributed by atoms with Gasteiger partial charge >= 0.3 is 0 Å². The summed E-state index contributed by atoms with van der Waals surface area (Å²) in [6.45, 7) is 3.93. The molecule has 0 aliphatic heterocycles. The van der Waals surface area contributed by atoms with Crippen molar-refractivity contribution in [2.75, 3.05) is 0 Å². The summed E-state index contributed by atoms with van der Waals surface area (Å²) >= 11 is 1.61. The summed E-state index contributed by atoms with van der Waals surface area (Å²) in [4.78, 5) is 18.6. The first-order valence-electron chi connectivity index (χ1n) is 6.47. The normalized spacial score (nSPS) is 11.6. The van der Waals surface area contributed by atoms with Gasteiger partial charge in [0.25, 0.3) is 0 Å². The van der Waals surface area contributed by atoms with Gasteiger partial charge in [0.15, 0.2) is 10.7 Å². The summed E-state index contributed by atoms with van der Waals surface area (Å²) in [6.07, 6.45) is 5.26. The van der Waals surface area contributed by atoms with E-state index in [-0.39, 0.29) is 11.6 Å². The number of nitrogens with zero attached hydrogens (tertiary/aromatic N) is 2. The number of carbonyl (C=O) groups excluding carboxylic acids is 1. The maximum atomic E-state index is 12.8. The molecule has 0 aliphatic carbocycles. The number of benzene rings is 1. The number of ketones is 1. The second-order valence-electron chi connectivity index (χ2n) is 4.78. The molecule has 3 aromatic rings. The first kappa shape index (κ1) is 13.7. The zero-order valence-electron chi connectivity index (χ0n) is 11.6.